The van der Waals surface area contributed by atoms with Crippen LogP contribution in [-0.4, -0.2) is 22.4 Å². The summed E-state index contributed by atoms with van der Waals surface area (Å²) in [4.78, 5) is 19.8. The summed E-state index contributed by atoms with van der Waals surface area (Å²) in [7, 11) is 0. The highest BCUT2D eigenvalue weighted by molar-refractivity contribution is 5.88. The van der Waals surface area contributed by atoms with Crippen molar-refractivity contribution < 1.29 is 4.79 Å². The maximum atomic E-state index is 11.0. The van der Waals surface area contributed by atoms with Crippen molar-refractivity contribution in [3.63, 3.8) is 0 Å². The van der Waals surface area contributed by atoms with Gasteiger partial charge in [0.2, 0.25) is 11.9 Å². The summed E-state index contributed by atoms with van der Waals surface area (Å²) in [6, 6.07) is 19.5. The van der Waals surface area contributed by atoms with Gasteiger partial charge in [-0.3, -0.25) is 4.79 Å². The van der Waals surface area contributed by atoms with E-state index in [1.807, 2.05) is 48.5 Å². The van der Waals surface area contributed by atoms with E-state index in [1.165, 1.54) is 12.5 Å². The zero-order valence-corrected chi connectivity index (χ0v) is 14.6. The number of rotatable bonds is 7. The van der Waals surface area contributed by atoms with Crippen molar-refractivity contribution in [3.8, 4) is 0 Å². The number of nitrogens with one attached hydrogen (secondary N) is 3. The van der Waals surface area contributed by atoms with Crippen LogP contribution in [0.3, 0.4) is 0 Å². The van der Waals surface area contributed by atoms with Crippen molar-refractivity contribution in [1.82, 2.24) is 9.97 Å². The molecule has 3 N–H and O–H groups in total. The first-order valence-electron chi connectivity index (χ1n) is 8.44. The molecule has 0 saturated carbocycles. The molecule has 1 aromatic heterocycles. The molecule has 0 radical (unpaired) electrons. The molecule has 1 amide bonds. The maximum Gasteiger partial charge on any atom is 0.229 e. The minimum atomic E-state index is -0.0941. The van der Waals surface area contributed by atoms with Gasteiger partial charge in [-0.1, -0.05) is 30.3 Å². The van der Waals surface area contributed by atoms with Crippen LogP contribution >= 0.6 is 0 Å². The van der Waals surface area contributed by atoms with Crippen molar-refractivity contribution in [2.45, 2.75) is 13.3 Å². The van der Waals surface area contributed by atoms with Crippen LogP contribution in [0.25, 0.3) is 0 Å². The summed E-state index contributed by atoms with van der Waals surface area (Å²) in [6.07, 6.45) is 2.64. The second-order valence-electron chi connectivity index (χ2n) is 5.81. The Kier molecular flexibility index (Phi) is 5.77. The summed E-state index contributed by atoms with van der Waals surface area (Å²) in [5, 5.41) is 9.20. The number of nitrogens with zero attached hydrogens (tertiary/aromatic N) is 2. The van der Waals surface area contributed by atoms with E-state index >= 15 is 0 Å². The van der Waals surface area contributed by atoms with E-state index in [1.54, 1.807) is 6.20 Å². The van der Waals surface area contributed by atoms with Crippen LogP contribution in [0.15, 0.2) is 66.9 Å². The molecular formula is C20H21N5O. The summed E-state index contributed by atoms with van der Waals surface area (Å²) >= 11 is 0. The van der Waals surface area contributed by atoms with Gasteiger partial charge in [0.15, 0.2) is 0 Å². The number of carbonyl (C=O) groups is 1. The zero-order chi connectivity index (χ0) is 18.2. The van der Waals surface area contributed by atoms with Gasteiger partial charge < -0.3 is 16.0 Å². The molecular weight excluding hydrogens is 326 g/mol. The van der Waals surface area contributed by atoms with E-state index in [2.05, 4.69) is 38.1 Å². The molecule has 0 aliphatic rings. The van der Waals surface area contributed by atoms with Gasteiger partial charge in [-0.05, 0) is 42.3 Å². The number of benzene rings is 2. The molecule has 0 saturated heterocycles. The standard InChI is InChI=1S/C20H21N5O/c1-15(26)23-17-7-9-18(10-8-17)24-20-22-14-12-19(25-20)21-13-11-16-5-3-2-4-6-16/h2-10,12,14H,11,13H2,1H3,(H,23,26)(H2,21,22,24,25). The third kappa shape index (κ3) is 5.31. The SMILES string of the molecule is CC(=O)Nc1ccc(Nc2nccc(NCCc3ccccc3)n2)cc1. The van der Waals surface area contributed by atoms with Gasteiger partial charge in [0.25, 0.3) is 0 Å². The smallest absolute Gasteiger partial charge is 0.229 e. The molecule has 6 heteroatoms. The lowest BCUT2D eigenvalue weighted by Crippen LogP contribution is -2.08. The number of hydrogen-bond donors (Lipinski definition) is 3. The Morgan fingerprint density at radius 2 is 1.69 bits per heavy atom. The Labute approximate surface area is 152 Å². The predicted molar refractivity (Wildman–Crippen MR) is 105 cm³/mol. The quantitative estimate of drug-likeness (QED) is 0.605. The van der Waals surface area contributed by atoms with Crippen molar-refractivity contribution >= 4 is 29.0 Å². The average molecular weight is 347 g/mol. The van der Waals surface area contributed by atoms with Crippen LogP contribution < -0.4 is 16.0 Å². The molecule has 6 nitrogen and oxygen atoms in total. The van der Waals surface area contributed by atoms with Crippen LogP contribution in [0.5, 0.6) is 0 Å². The van der Waals surface area contributed by atoms with E-state index in [0.717, 1.165) is 30.2 Å². The van der Waals surface area contributed by atoms with Gasteiger partial charge in [0.1, 0.15) is 5.82 Å². The number of aromatic nitrogens is 2. The minimum absolute atomic E-state index is 0.0941. The van der Waals surface area contributed by atoms with E-state index < -0.39 is 0 Å². The second kappa shape index (κ2) is 8.62. The van der Waals surface area contributed by atoms with Gasteiger partial charge in [-0.2, -0.15) is 4.98 Å². The van der Waals surface area contributed by atoms with Gasteiger partial charge in [-0.15, -0.1) is 0 Å². The van der Waals surface area contributed by atoms with Gasteiger partial charge in [0, 0.05) is 31.0 Å². The van der Waals surface area contributed by atoms with Crippen molar-refractivity contribution in [3.05, 3.63) is 72.4 Å². The Morgan fingerprint density at radius 3 is 2.42 bits per heavy atom. The molecule has 0 fully saturated rings. The Balaban J connectivity index is 1.56. The Morgan fingerprint density at radius 1 is 0.962 bits per heavy atom. The highest BCUT2D eigenvalue weighted by Gasteiger charge is 2.01. The lowest BCUT2D eigenvalue weighted by molar-refractivity contribution is -0.114. The summed E-state index contributed by atoms with van der Waals surface area (Å²) in [6.45, 7) is 2.28. The number of anilines is 4. The molecule has 132 valence electrons. The Bertz CT molecular complexity index is 850. The topological polar surface area (TPSA) is 78.9 Å². The first kappa shape index (κ1) is 17.4. The molecule has 1 heterocycles. The number of carbonyl (C=O) groups excluding carboxylic acids is 1. The lowest BCUT2D eigenvalue weighted by Gasteiger charge is -2.09. The maximum absolute atomic E-state index is 11.0. The Hall–Kier alpha value is -3.41. The average Bonchev–Trinajstić information content (AvgIpc) is 2.64. The molecule has 0 bridgehead atoms. The molecule has 0 atom stereocenters. The molecule has 26 heavy (non-hydrogen) atoms. The summed E-state index contributed by atoms with van der Waals surface area (Å²) in [5.74, 6) is 1.19. The summed E-state index contributed by atoms with van der Waals surface area (Å²) < 4.78 is 0. The van der Waals surface area contributed by atoms with Crippen LogP contribution in [0.2, 0.25) is 0 Å². The fourth-order valence-corrected chi connectivity index (χ4v) is 2.47. The summed E-state index contributed by atoms with van der Waals surface area (Å²) in [5.41, 5.74) is 2.88. The third-order valence-corrected chi connectivity index (χ3v) is 3.68. The molecule has 3 aromatic rings. The van der Waals surface area contributed by atoms with Crippen LogP contribution in [0.1, 0.15) is 12.5 Å². The lowest BCUT2D eigenvalue weighted by atomic mass is 10.1. The molecule has 2 aromatic carbocycles. The van der Waals surface area contributed by atoms with E-state index in [9.17, 15) is 4.79 Å². The number of amides is 1. The van der Waals surface area contributed by atoms with Crippen LogP contribution in [0.4, 0.5) is 23.1 Å². The highest BCUT2D eigenvalue weighted by Crippen LogP contribution is 2.17. The fourth-order valence-electron chi connectivity index (χ4n) is 2.47. The largest absolute Gasteiger partial charge is 0.370 e. The zero-order valence-electron chi connectivity index (χ0n) is 14.6. The van der Waals surface area contributed by atoms with Crippen molar-refractivity contribution in [2.24, 2.45) is 0 Å². The van der Waals surface area contributed by atoms with Crippen LogP contribution in [-0.2, 0) is 11.2 Å². The second-order valence-corrected chi connectivity index (χ2v) is 5.81. The first-order chi connectivity index (χ1) is 12.7. The normalized spacial score (nSPS) is 10.2. The fraction of sp³-hybridized carbons (Fsp3) is 0.150. The van der Waals surface area contributed by atoms with Crippen LogP contribution in [0, 0.1) is 0 Å². The molecule has 0 unspecified atom stereocenters. The van der Waals surface area contributed by atoms with E-state index in [4.69, 9.17) is 0 Å². The monoisotopic (exact) mass is 347 g/mol. The van der Waals surface area contributed by atoms with E-state index in [0.29, 0.717) is 5.95 Å². The first-order valence-corrected chi connectivity index (χ1v) is 8.44. The van der Waals surface area contributed by atoms with Gasteiger partial charge in [-0.25, -0.2) is 4.98 Å². The van der Waals surface area contributed by atoms with Crippen molar-refractivity contribution in [2.75, 3.05) is 22.5 Å². The molecule has 0 spiro atoms. The third-order valence-electron chi connectivity index (χ3n) is 3.68. The van der Waals surface area contributed by atoms with Gasteiger partial charge in [0.05, 0.1) is 0 Å². The van der Waals surface area contributed by atoms with Gasteiger partial charge >= 0.3 is 0 Å². The predicted octanol–water partition coefficient (Wildman–Crippen LogP) is 3.83. The number of hydrogen-bond acceptors (Lipinski definition) is 5. The minimum Gasteiger partial charge on any atom is -0.370 e. The van der Waals surface area contributed by atoms with E-state index in [-0.39, 0.29) is 5.91 Å². The molecule has 0 aliphatic carbocycles. The highest BCUT2D eigenvalue weighted by atomic mass is 16.1. The molecule has 3 rings (SSSR count). The van der Waals surface area contributed by atoms with Crippen molar-refractivity contribution in [1.29, 1.82) is 0 Å². The molecule has 0 aliphatic heterocycles.